The number of carbonyl (C=O) groups excluding carboxylic acids is 2. The first-order valence-corrected chi connectivity index (χ1v) is 8.09. The van der Waals surface area contributed by atoms with Crippen LogP contribution >= 0.6 is 12.6 Å². The number of thiol groups is 1. The third-order valence-electron chi connectivity index (χ3n) is 3.24. The number of rotatable bonds is 9. The molecular formula is C15H23N7O2S. The molecule has 0 spiro atoms. The molecule has 0 unspecified atom stereocenters. The summed E-state index contributed by atoms with van der Waals surface area (Å²) in [7, 11) is 0. The highest BCUT2D eigenvalue weighted by molar-refractivity contribution is 7.84. The number of allylic oxidation sites excluding steroid dienone is 1. The molecule has 0 saturated heterocycles. The smallest absolute Gasteiger partial charge is 0.271 e. The summed E-state index contributed by atoms with van der Waals surface area (Å²) in [4.78, 5) is 31.0. The lowest BCUT2D eigenvalue weighted by Gasteiger charge is -2.15. The van der Waals surface area contributed by atoms with E-state index in [0.29, 0.717) is 17.2 Å². The van der Waals surface area contributed by atoms with E-state index in [0.717, 1.165) is 0 Å². The summed E-state index contributed by atoms with van der Waals surface area (Å²) in [5, 5.41) is 13.8. The van der Waals surface area contributed by atoms with Crippen LogP contribution in [0.5, 0.6) is 0 Å². The van der Waals surface area contributed by atoms with E-state index in [2.05, 4.69) is 33.2 Å². The molecule has 1 aromatic rings. The number of hydrogen-bond donors (Lipinski definition) is 6. The van der Waals surface area contributed by atoms with E-state index in [1.54, 1.807) is 6.92 Å². The van der Waals surface area contributed by atoms with Crippen LogP contribution in [0.15, 0.2) is 17.3 Å². The molecule has 136 valence electrons. The molecule has 0 saturated carbocycles. The first kappa shape index (κ1) is 20.4. The quantitative estimate of drug-likeness (QED) is 0.284. The lowest BCUT2D eigenvalue weighted by atomic mass is 10.1. The second-order valence-electron chi connectivity index (χ2n) is 5.59. The Morgan fingerprint density at radius 3 is 2.52 bits per heavy atom. The van der Waals surface area contributed by atoms with Gasteiger partial charge in [0.05, 0.1) is 11.2 Å². The molecule has 25 heavy (non-hydrogen) atoms. The summed E-state index contributed by atoms with van der Waals surface area (Å²) in [5.41, 5.74) is 10.9. The van der Waals surface area contributed by atoms with Crippen LogP contribution in [0.2, 0.25) is 0 Å². The zero-order chi connectivity index (χ0) is 19.1. The average molecular weight is 365 g/mol. The van der Waals surface area contributed by atoms with Crippen LogP contribution in [-0.4, -0.2) is 33.5 Å². The van der Waals surface area contributed by atoms with Crippen molar-refractivity contribution in [2.75, 3.05) is 10.6 Å². The van der Waals surface area contributed by atoms with Crippen molar-refractivity contribution in [3.8, 4) is 0 Å². The Balaban J connectivity index is 3.14. The van der Waals surface area contributed by atoms with Crippen LogP contribution in [0.1, 0.15) is 37.7 Å². The van der Waals surface area contributed by atoms with E-state index in [1.165, 1.54) is 12.3 Å². The molecule has 1 atom stereocenters. The molecule has 1 aromatic heterocycles. The summed E-state index contributed by atoms with van der Waals surface area (Å²) < 4.78 is 0. The number of nitrogens with zero attached hydrogens (tertiary/aromatic N) is 2. The minimum atomic E-state index is -0.774. The fraction of sp³-hybridized carbons (Fsp3) is 0.400. The highest BCUT2D eigenvalue weighted by Gasteiger charge is 2.17. The summed E-state index contributed by atoms with van der Waals surface area (Å²) in [6.45, 7) is 5.53. The van der Waals surface area contributed by atoms with Gasteiger partial charge in [-0.2, -0.15) is 0 Å². The van der Waals surface area contributed by atoms with Crippen LogP contribution < -0.4 is 22.1 Å². The first-order valence-electron chi connectivity index (χ1n) is 7.64. The van der Waals surface area contributed by atoms with E-state index in [9.17, 15) is 9.59 Å². The molecule has 0 aliphatic rings. The number of aromatic nitrogens is 2. The largest absolute Gasteiger partial charge is 0.368 e. The highest BCUT2D eigenvalue weighted by Crippen LogP contribution is 2.18. The Morgan fingerprint density at radius 2 is 2.04 bits per heavy atom. The summed E-state index contributed by atoms with van der Waals surface area (Å²) in [6.07, 6.45) is 3.24. The van der Waals surface area contributed by atoms with Gasteiger partial charge < -0.3 is 27.5 Å². The van der Waals surface area contributed by atoms with Crippen LogP contribution in [0.3, 0.4) is 0 Å². The maximum absolute atomic E-state index is 11.5. The van der Waals surface area contributed by atoms with Gasteiger partial charge in [0.15, 0.2) is 11.5 Å². The van der Waals surface area contributed by atoms with Crippen molar-refractivity contribution >= 4 is 41.8 Å². The Morgan fingerprint density at radius 1 is 1.40 bits per heavy atom. The molecule has 7 N–H and O–H groups in total. The third-order valence-corrected chi connectivity index (χ3v) is 3.48. The second-order valence-corrected chi connectivity index (χ2v) is 6.07. The van der Waals surface area contributed by atoms with Crippen molar-refractivity contribution in [2.24, 2.45) is 17.4 Å². The van der Waals surface area contributed by atoms with E-state index >= 15 is 0 Å². The molecule has 2 amide bonds. The van der Waals surface area contributed by atoms with Gasteiger partial charge in [-0.3, -0.25) is 9.59 Å². The SMILES string of the molecule is CC[C@@H](Nc1cnc(C(N)=O)c(N/C(S)=C/C(=N)C(C)C)n1)C(N)=O. The summed E-state index contributed by atoms with van der Waals surface area (Å²) >= 11 is 4.24. The molecular weight excluding hydrogens is 342 g/mol. The molecule has 0 aliphatic carbocycles. The van der Waals surface area contributed by atoms with E-state index in [4.69, 9.17) is 16.9 Å². The maximum atomic E-state index is 11.5. The molecule has 10 heteroatoms. The molecule has 0 fully saturated rings. The minimum Gasteiger partial charge on any atom is -0.368 e. The molecule has 0 aliphatic heterocycles. The van der Waals surface area contributed by atoms with Gasteiger partial charge in [-0.05, 0) is 18.4 Å². The number of amides is 2. The number of anilines is 2. The molecule has 1 rings (SSSR count). The van der Waals surface area contributed by atoms with Crippen LogP contribution in [0.4, 0.5) is 11.6 Å². The number of nitrogens with one attached hydrogen (secondary N) is 3. The zero-order valence-corrected chi connectivity index (χ0v) is 15.2. The van der Waals surface area contributed by atoms with Gasteiger partial charge >= 0.3 is 0 Å². The number of nitrogens with two attached hydrogens (primary N) is 2. The Kier molecular flexibility index (Phi) is 7.37. The fourth-order valence-electron chi connectivity index (χ4n) is 1.75. The van der Waals surface area contributed by atoms with E-state index < -0.39 is 17.9 Å². The van der Waals surface area contributed by atoms with Crippen LogP contribution in [0, 0.1) is 11.3 Å². The van der Waals surface area contributed by atoms with Crippen molar-refractivity contribution in [2.45, 2.75) is 33.2 Å². The van der Waals surface area contributed by atoms with Gasteiger partial charge in [-0.1, -0.05) is 20.8 Å². The standard InChI is InChI=1S/C15H23N7O2S/c1-4-9(13(17)23)20-10-6-19-12(14(18)24)15(21-10)22-11(25)5-8(16)7(2)3/h5-7,9,16,25H,4H2,1-3H3,(H2,17,23)(H2,18,24)(H2,20,21,22)/b11-5-,16-8?/t9-/m1/s1. The van der Waals surface area contributed by atoms with Crippen molar-refractivity contribution in [3.63, 3.8) is 0 Å². The summed E-state index contributed by atoms with van der Waals surface area (Å²) in [6, 6.07) is -0.623. The average Bonchev–Trinajstić information content (AvgIpc) is 2.51. The fourth-order valence-corrected chi connectivity index (χ4v) is 2.00. The molecule has 0 bridgehead atoms. The van der Waals surface area contributed by atoms with E-state index in [1.807, 2.05) is 13.8 Å². The van der Waals surface area contributed by atoms with Crippen LogP contribution in [0.25, 0.3) is 0 Å². The number of hydrogen-bond acceptors (Lipinski definition) is 8. The van der Waals surface area contributed by atoms with Crippen molar-refractivity contribution < 1.29 is 9.59 Å². The normalized spacial score (nSPS) is 12.6. The predicted octanol–water partition coefficient (Wildman–Crippen LogP) is 1.11. The maximum Gasteiger partial charge on any atom is 0.271 e. The van der Waals surface area contributed by atoms with Gasteiger partial charge in [-0.15, -0.1) is 12.6 Å². The predicted molar refractivity (Wildman–Crippen MR) is 101 cm³/mol. The van der Waals surface area contributed by atoms with Crippen LogP contribution in [-0.2, 0) is 4.79 Å². The monoisotopic (exact) mass is 365 g/mol. The number of carbonyl (C=O) groups is 2. The third kappa shape index (κ3) is 6.07. The molecule has 0 aromatic carbocycles. The molecule has 1 heterocycles. The second kappa shape index (κ2) is 9.02. The van der Waals surface area contributed by atoms with Crippen molar-refractivity contribution in [1.82, 2.24) is 9.97 Å². The topological polar surface area (TPSA) is 160 Å². The Labute approximate surface area is 151 Å². The first-order chi connectivity index (χ1) is 11.6. The Hall–Kier alpha value is -2.62. The van der Waals surface area contributed by atoms with Gasteiger partial charge in [-0.25, -0.2) is 9.97 Å². The van der Waals surface area contributed by atoms with E-state index in [-0.39, 0.29) is 23.2 Å². The number of primary amides is 2. The van der Waals surface area contributed by atoms with Crippen molar-refractivity contribution in [3.05, 3.63) is 23.0 Å². The molecule has 0 radical (unpaired) electrons. The van der Waals surface area contributed by atoms with Gasteiger partial charge in [0.1, 0.15) is 11.9 Å². The molecule has 9 nitrogen and oxygen atoms in total. The summed E-state index contributed by atoms with van der Waals surface area (Å²) in [5.74, 6) is -0.978. The van der Waals surface area contributed by atoms with Crippen molar-refractivity contribution in [1.29, 1.82) is 5.41 Å². The highest BCUT2D eigenvalue weighted by atomic mass is 32.1. The zero-order valence-electron chi connectivity index (χ0n) is 14.3. The van der Waals surface area contributed by atoms with Gasteiger partial charge in [0.25, 0.3) is 5.91 Å². The van der Waals surface area contributed by atoms with Gasteiger partial charge in [0, 0.05) is 5.71 Å². The minimum absolute atomic E-state index is 0.0134. The Bertz CT molecular complexity index is 703. The lowest BCUT2D eigenvalue weighted by molar-refractivity contribution is -0.118. The van der Waals surface area contributed by atoms with Gasteiger partial charge in [0.2, 0.25) is 5.91 Å². The lowest BCUT2D eigenvalue weighted by Crippen LogP contribution is -2.35.